The number of aliphatic carboxylic acids is 1. The predicted molar refractivity (Wildman–Crippen MR) is 153 cm³/mol. The Kier molecular flexibility index (Phi) is 9.92. The molecule has 0 spiro atoms. The van der Waals surface area contributed by atoms with Gasteiger partial charge in [-0.3, -0.25) is 14.4 Å². The Balaban J connectivity index is 1.58. The molecule has 0 aliphatic rings. The van der Waals surface area contributed by atoms with E-state index in [-0.39, 0.29) is 23.1 Å². The highest BCUT2D eigenvalue weighted by molar-refractivity contribution is 6.06. The zero-order chi connectivity index (χ0) is 31.9. The van der Waals surface area contributed by atoms with Crippen LogP contribution in [-0.2, 0) is 4.79 Å². The zero-order valence-electron chi connectivity index (χ0n) is 23.0. The van der Waals surface area contributed by atoms with Crippen LogP contribution in [0.1, 0.15) is 49.0 Å². The van der Waals surface area contributed by atoms with Gasteiger partial charge in [0.25, 0.3) is 5.91 Å². The number of amides is 1. The number of ether oxygens (including phenoxy) is 1. The van der Waals surface area contributed by atoms with Crippen LogP contribution < -0.4 is 10.1 Å². The highest BCUT2D eigenvalue weighted by atomic mass is 19.4. The van der Waals surface area contributed by atoms with Crippen molar-refractivity contribution in [2.75, 3.05) is 6.54 Å². The van der Waals surface area contributed by atoms with Gasteiger partial charge in [-0.05, 0) is 53.1 Å². The normalized spacial score (nSPS) is 12.5. The van der Waals surface area contributed by atoms with Crippen molar-refractivity contribution in [3.05, 3.63) is 125 Å². The quantitative estimate of drug-likeness (QED) is 0.178. The number of hydrogen-bond acceptors (Lipinski definition) is 6. The van der Waals surface area contributed by atoms with Crippen LogP contribution in [0, 0.1) is 0 Å². The standard InChI is InChI=1S/C33H26F3NO7/c34-33(35,36)44-26-16-14-23(15-17-26)28(38)18-27(22-8-6-21(7-9-22)20-4-2-1-3-5-20)30(40)24-10-12-25(13-11-24)31(41)37-19-29(39)32(42)43/h1-17,27,29,39H,18-19H2,(H,37,41)(H,42,43)/t27?,29-/m1/s1. The molecule has 0 bridgehead atoms. The average molecular weight is 606 g/mol. The number of halogens is 3. The number of Topliss-reactive ketones (excluding diaryl/α,β-unsaturated/α-hetero) is 2. The number of aliphatic hydroxyl groups is 1. The van der Waals surface area contributed by atoms with Gasteiger partial charge in [0.2, 0.25) is 0 Å². The highest BCUT2D eigenvalue weighted by Crippen LogP contribution is 2.30. The third kappa shape index (κ3) is 8.39. The molecule has 11 heteroatoms. The molecule has 0 saturated carbocycles. The molecule has 4 aromatic carbocycles. The molecule has 0 heterocycles. The third-order valence-corrected chi connectivity index (χ3v) is 6.71. The van der Waals surface area contributed by atoms with E-state index in [1.165, 1.54) is 36.4 Å². The van der Waals surface area contributed by atoms with Gasteiger partial charge in [-0.15, -0.1) is 13.2 Å². The van der Waals surface area contributed by atoms with E-state index in [4.69, 9.17) is 5.11 Å². The van der Waals surface area contributed by atoms with Crippen molar-refractivity contribution in [1.29, 1.82) is 0 Å². The van der Waals surface area contributed by atoms with Gasteiger partial charge in [0.05, 0.1) is 12.5 Å². The smallest absolute Gasteiger partial charge is 0.479 e. The molecular weight excluding hydrogens is 579 g/mol. The molecule has 8 nitrogen and oxygen atoms in total. The van der Waals surface area contributed by atoms with E-state index in [0.717, 1.165) is 23.3 Å². The SMILES string of the molecule is O=C(CC(C(=O)c1ccc(C(=O)NC[C@@H](O)C(=O)O)cc1)c1ccc(-c2ccccc2)cc1)c1ccc(OC(F)(F)F)cc1. The molecule has 0 fully saturated rings. The van der Waals surface area contributed by atoms with Crippen molar-refractivity contribution >= 4 is 23.4 Å². The molecule has 0 aliphatic carbocycles. The van der Waals surface area contributed by atoms with E-state index in [2.05, 4.69) is 10.1 Å². The summed E-state index contributed by atoms with van der Waals surface area (Å²) in [5, 5.41) is 20.4. The average Bonchev–Trinajstić information content (AvgIpc) is 3.02. The maximum atomic E-state index is 13.8. The van der Waals surface area contributed by atoms with Crippen LogP contribution in [0.4, 0.5) is 13.2 Å². The van der Waals surface area contributed by atoms with Crippen LogP contribution in [-0.4, -0.2) is 52.7 Å². The molecule has 226 valence electrons. The number of alkyl halides is 3. The van der Waals surface area contributed by atoms with Crippen molar-refractivity contribution in [3.8, 4) is 16.9 Å². The lowest BCUT2D eigenvalue weighted by atomic mass is 9.84. The lowest BCUT2D eigenvalue weighted by molar-refractivity contribution is -0.274. The Morgan fingerprint density at radius 2 is 1.27 bits per heavy atom. The Labute approximate surface area is 249 Å². The number of carboxylic acids is 1. The van der Waals surface area contributed by atoms with Gasteiger partial charge in [-0.1, -0.05) is 66.7 Å². The van der Waals surface area contributed by atoms with Gasteiger partial charge >= 0.3 is 12.3 Å². The van der Waals surface area contributed by atoms with Gasteiger partial charge in [-0.2, -0.15) is 0 Å². The Bertz CT molecular complexity index is 1620. The summed E-state index contributed by atoms with van der Waals surface area (Å²) in [6.07, 6.45) is -6.96. The van der Waals surface area contributed by atoms with Crippen LogP contribution in [0.25, 0.3) is 11.1 Å². The topological polar surface area (TPSA) is 130 Å². The summed E-state index contributed by atoms with van der Waals surface area (Å²) in [5.74, 6) is -4.53. The zero-order valence-corrected chi connectivity index (χ0v) is 23.0. The van der Waals surface area contributed by atoms with Crippen LogP contribution in [0.5, 0.6) is 5.75 Å². The summed E-state index contributed by atoms with van der Waals surface area (Å²) in [4.78, 5) is 50.1. The molecule has 1 amide bonds. The van der Waals surface area contributed by atoms with Crippen molar-refractivity contribution in [2.24, 2.45) is 0 Å². The highest BCUT2D eigenvalue weighted by Gasteiger charge is 2.31. The van der Waals surface area contributed by atoms with E-state index in [1.54, 1.807) is 12.1 Å². The van der Waals surface area contributed by atoms with Crippen LogP contribution in [0.3, 0.4) is 0 Å². The summed E-state index contributed by atoms with van der Waals surface area (Å²) in [5.41, 5.74) is 2.75. The number of nitrogens with one attached hydrogen (secondary N) is 1. The monoisotopic (exact) mass is 605 g/mol. The van der Waals surface area contributed by atoms with Crippen LogP contribution >= 0.6 is 0 Å². The van der Waals surface area contributed by atoms with Crippen molar-refractivity contribution < 1.29 is 47.3 Å². The second-order valence-corrected chi connectivity index (χ2v) is 9.75. The number of carboxylic acid groups (broad SMARTS) is 1. The Hall–Kier alpha value is -5.29. The number of benzene rings is 4. The number of carbonyl (C=O) groups excluding carboxylic acids is 3. The third-order valence-electron chi connectivity index (χ3n) is 6.71. The summed E-state index contributed by atoms with van der Waals surface area (Å²) in [6, 6.07) is 26.5. The molecule has 1 unspecified atom stereocenters. The Morgan fingerprint density at radius 1 is 0.727 bits per heavy atom. The lowest BCUT2D eigenvalue weighted by Gasteiger charge is -2.17. The molecule has 4 aromatic rings. The minimum absolute atomic E-state index is 0.0915. The van der Waals surface area contributed by atoms with E-state index < -0.39 is 54.1 Å². The summed E-state index contributed by atoms with van der Waals surface area (Å²) >= 11 is 0. The van der Waals surface area contributed by atoms with E-state index in [9.17, 15) is 37.5 Å². The fourth-order valence-corrected chi connectivity index (χ4v) is 4.41. The van der Waals surface area contributed by atoms with Crippen molar-refractivity contribution in [1.82, 2.24) is 5.32 Å². The molecule has 4 rings (SSSR count). The largest absolute Gasteiger partial charge is 0.573 e. The molecular formula is C33H26F3NO7. The van der Waals surface area contributed by atoms with Gasteiger partial charge in [0, 0.05) is 23.1 Å². The molecule has 0 aromatic heterocycles. The Morgan fingerprint density at radius 3 is 1.84 bits per heavy atom. The maximum Gasteiger partial charge on any atom is 0.573 e. The second kappa shape index (κ2) is 13.8. The van der Waals surface area contributed by atoms with Gasteiger partial charge in [0.15, 0.2) is 17.7 Å². The van der Waals surface area contributed by atoms with Gasteiger partial charge in [0.1, 0.15) is 5.75 Å². The molecule has 2 atom stereocenters. The molecule has 0 radical (unpaired) electrons. The van der Waals surface area contributed by atoms with Gasteiger partial charge < -0.3 is 20.3 Å². The number of aliphatic hydroxyl groups excluding tert-OH is 1. The summed E-state index contributed by atoms with van der Waals surface area (Å²) in [7, 11) is 0. The first kappa shape index (κ1) is 31.6. The number of rotatable bonds is 12. The van der Waals surface area contributed by atoms with Crippen LogP contribution in [0.15, 0.2) is 103 Å². The van der Waals surface area contributed by atoms with Crippen molar-refractivity contribution in [3.63, 3.8) is 0 Å². The fraction of sp³-hybridized carbons (Fsp3) is 0.152. The number of ketones is 2. The minimum Gasteiger partial charge on any atom is -0.479 e. The first-order valence-corrected chi connectivity index (χ1v) is 13.3. The first-order valence-electron chi connectivity index (χ1n) is 13.3. The van der Waals surface area contributed by atoms with E-state index >= 15 is 0 Å². The molecule has 44 heavy (non-hydrogen) atoms. The van der Waals surface area contributed by atoms with E-state index in [0.29, 0.717) is 5.56 Å². The molecule has 3 N–H and O–H groups in total. The summed E-state index contributed by atoms with van der Waals surface area (Å²) < 4.78 is 41.5. The summed E-state index contributed by atoms with van der Waals surface area (Å²) in [6.45, 7) is -0.513. The lowest BCUT2D eigenvalue weighted by Crippen LogP contribution is -2.36. The molecule has 0 aliphatic heterocycles. The number of carbonyl (C=O) groups is 4. The predicted octanol–water partition coefficient (Wildman–Crippen LogP) is 5.67. The molecule has 0 saturated heterocycles. The fourth-order valence-electron chi connectivity index (χ4n) is 4.41. The van der Waals surface area contributed by atoms with Gasteiger partial charge in [-0.25, -0.2) is 4.79 Å². The minimum atomic E-state index is -4.88. The number of hydrogen-bond donors (Lipinski definition) is 3. The van der Waals surface area contributed by atoms with E-state index in [1.807, 2.05) is 42.5 Å². The second-order valence-electron chi connectivity index (χ2n) is 9.75. The van der Waals surface area contributed by atoms with Crippen LogP contribution in [0.2, 0.25) is 0 Å². The maximum absolute atomic E-state index is 13.8. The van der Waals surface area contributed by atoms with Crippen molar-refractivity contribution in [2.45, 2.75) is 24.8 Å². The first-order chi connectivity index (χ1) is 20.9.